The van der Waals surface area contributed by atoms with Crippen molar-refractivity contribution in [3.63, 3.8) is 0 Å². The van der Waals surface area contributed by atoms with Gasteiger partial charge >= 0.3 is 0 Å². The molecule has 17 heavy (non-hydrogen) atoms. The second kappa shape index (κ2) is 8.90. The highest BCUT2D eigenvalue weighted by Gasteiger charge is 2.24. The minimum Gasteiger partial charge on any atom is -0.353 e. The van der Waals surface area contributed by atoms with Crippen LogP contribution in [0.4, 0.5) is 0 Å². The number of nitrogens with zero attached hydrogens (tertiary/aromatic N) is 1. The molecule has 0 aromatic carbocycles. The Bertz CT molecular complexity index is 177. The van der Waals surface area contributed by atoms with E-state index in [9.17, 15) is 0 Å². The van der Waals surface area contributed by atoms with Gasteiger partial charge in [0.15, 0.2) is 6.29 Å². The van der Waals surface area contributed by atoms with E-state index in [-0.39, 0.29) is 6.29 Å². The zero-order valence-electron chi connectivity index (χ0n) is 11.8. The highest BCUT2D eigenvalue weighted by molar-refractivity contribution is 4.77. The Morgan fingerprint density at radius 1 is 1.06 bits per heavy atom. The van der Waals surface area contributed by atoms with Gasteiger partial charge in [0.25, 0.3) is 0 Å². The average molecular weight is 243 g/mol. The summed E-state index contributed by atoms with van der Waals surface area (Å²) in [7, 11) is 0. The van der Waals surface area contributed by atoms with Crippen molar-refractivity contribution in [1.29, 1.82) is 0 Å². The summed E-state index contributed by atoms with van der Waals surface area (Å²) < 4.78 is 11.2. The van der Waals surface area contributed by atoms with E-state index in [1.165, 1.54) is 32.4 Å². The van der Waals surface area contributed by atoms with Crippen molar-refractivity contribution in [3.8, 4) is 0 Å². The van der Waals surface area contributed by atoms with Crippen LogP contribution >= 0.6 is 0 Å². The van der Waals surface area contributed by atoms with Gasteiger partial charge in [-0.05, 0) is 45.6 Å². The molecular weight excluding hydrogens is 214 g/mol. The van der Waals surface area contributed by atoms with E-state index in [0.717, 1.165) is 32.1 Å². The molecule has 0 aromatic rings. The Morgan fingerprint density at radius 2 is 1.71 bits per heavy atom. The van der Waals surface area contributed by atoms with E-state index in [1.807, 2.05) is 13.8 Å². The third-order valence-corrected chi connectivity index (χ3v) is 3.14. The molecule has 3 heteroatoms. The molecule has 102 valence electrons. The lowest BCUT2D eigenvalue weighted by molar-refractivity contribution is -0.141. The maximum absolute atomic E-state index is 5.58. The summed E-state index contributed by atoms with van der Waals surface area (Å²) in [5.41, 5.74) is 0. The molecule has 1 saturated carbocycles. The van der Waals surface area contributed by atoms with Crippen LogP contribution < -0.4 is 0 Å². The van der Waals surface area contributed by atoms with Gasteiger partial charge in [-0.2, -0.15) is 0 Å². The van der Waals surface area contributed by atoms with Gasteiger partial charge in [-0.15, -0.1) is 0 Å². The van der Waals surface area contributed by atoms with Crippen LogP contribution in [0.15, 0.2) is 0 Å². The third kappa shape index (κ3) is 7.02. The van der Waals surface area contributed by atoms with E-state index in [0.29, 0.717) is 0 Å². The summed E-state index contributed by atoms with van der Waals surface area (Å²) in [6, 6.07) is 0. The second-order valence-electron chi connectivity index (χ2n) is 4.87. The zero-order valence-corrected chi connectivity index (χ0v) is 11.8. The summed E-state index contributed by atoms with van der Waals surface area (Å²) in [5.74, 6) is 0.971. The van der Waals surface area contributed by atoms with Crippen molar-refractivity contribution < 1.29 is 9.47 Å². The number of hydrogen-bond acceptors (Lipinski definition) is 3. The van der Waals surface area contributed by atoms with Crippen LogP contribution in [0.1, 0.15) is 46.5 Å². The van der Waals surface area contributed by atoms with Gasteiger partial charge in [0, 0.05) is 32.7 Å². The maximum atomic E-state index is 5.58. The van der Waals surface area contributed by atoms with Crippen LogP contribution in [0.3, 0.4) is 0 Å². The number of hydrogen-bond donors (Lipinski definition) is 0. The van der Waals surface area contributed by atoms with Crippen LogP contribution in [-0.4, -0.2) is 44.0 Å². The van der Waals surface area contributed by atoms with Gasteiger partial charge in [0.05, 0.1) is 0 Å². The summed E-state index contributed by atoms with van der Waals surface area (Å²) in [4.78, 5) is 2.57. The summed E-state index contributed by atoms with van der Waals surface area (Å²) in [5, 5.41) is 0. The Hall–Kier alpha value is -0.120. The molecule has 0 N–H and O–H groups in total. The van der Waals surface area contributed by atoms with E-state index in [4.69, 9.17) is 9.47 Å². The molecule has 0 saturated heterocycles. The first-order valence-corrected chi connectivity index (χ1v) is 7.25. The smallest absolute Gasteiger partial charge is 0.158 e. The van der Waals surface area contributed by atoms with Crippen LogP contribution in [0.2, 0.25) is 0 Å². The molecule has 1 fully saturated rings. The molecule has 0 unspecified atom stereocenters. The highest BCUT2D eigenvalue weighted by Crippen LogP contribution is 2.29. The molecule has 0 amide bonds. The van der Waals surface area contributed by atoms with Crippen LogP contribution in [-0.2, 0) is 9.47 Å². The van der Waals surface area contributed by atoms with Crippen LogP contribution in [0.5, 0.6) is 0 Å². The molecule has 0 aromatic heterocycles. The van der Waals surface area contributed by atoms with E-state index in [1.54, 1.807) is 0 Å². The maximum Gasteiger partial charge on any atom is 0.158 e. The molecule has 1 aliphatic carbocycles. The zero-order chi connectivity index (χ0) is 12.5. The first kappa shape index (κ1) is 14.9. The van der Waals surface area contributed by atoms with E-state index in [2.05, 4.69) is 11.8 Å². The lowest BCUT2D eigenvalue weighted by Crippen LogP contribution is -2.31. The van der Waals surface area contributed by atoms with Gasteiger partial charge in [-0.3, -0.25) is 0 Å². The molecule has 0 bridgehead atoms. The van der Waals surface area contributed by atoms with Crippen molar-refractivity contribution in [1.82, 2.24) is 4.90 Å². The van der Waals surface area contributed by atoms with Gasteiger partial charge in [-0.1, -0.05) is 6.92 Å². The standard InChI is InChI=1S/C14H29NO2/c1-4-10-15(12-13-7-8-13)11-9-14(16-5-2)17-6-3/h13-14H,4-12H2,1-3H3. The first-order valence-electron chi connectivity index (χ1n) is 7.25. The summed E-state index contributed by atoms with van der Waals surface area (Å²) in [6.45, 7) is 11.4. The summed E-state index contributed by atoms with van der Waals surface area (Å²) >= 11 is 0. The minimum atomic E-state index is -0.0106. The van der Waals surface area contributed by atoms with Gasteiger partial charge in [0.2, 0.25) is 0 Å². The lowest BCUT2D eigenvalue weighted by Gasteiger charge is -2.24. The molecule has 0 heterocycles. The predicted molar refractivity (Wildman–Crippen MR) is 71.1 cm³/mol. The van der Waals surface area contributed by atoms with Gasteiger partial charge in [0.1, 0.15) is 0 Å². The molecule has 0 radical (unpaired) electrons. The van der Waals surface area contributed by atoms with E-state index < -0.39 is 0 Å². The molecule has 1 rings (SSSR count). The van der Waals surface area contributed by atoms with E-state index >= 15 is 0 Å². The largest absolute Gasteiger partial charge is 0.353 e. The fourth-order valence-electron chi connectivity index (χ4n) is 2.15. The fraction of sp³-hybridized carbons (Fsp3) is 1.00. The van der Waals surface area contributed by atoms with Crippen molar-refractivity contribution in [3.05, 3.63) is 0 Å². The Balaban J connectivity index is 2.21. The molecule has 1 aliphatic rings. The number of ether oxygens (including phenoxy) is 2. The predicted octanol–water partition coefficient (Wildman–Crippen LogP) is 2.90. The third-order valence-electron chi connectivity index (χ3n) is 3.14. The minimum absolute atomic E-state index is 0.0106. The Morgan fingerprint density at radius 3 is 2.18 bits per heavy atom. The molecule has 0 aliphatic heterocycles. The van der Waals surface area contributed by atoms with Crippen molar-refractivity contribution in [2.45, 2.75) is 52.7 Å². The normalized spacial score (nSPS) is 16.1. The Kier molecular flexibility index (Phi) is 7.82. The fourth-order valence-corrected chi connectivity index (χ4v) is 2.15. The van der Waals surface area contributed by atoms with Crippen molar-refractivity contribution in [2.24, 2.45) is 5.92 Å². The molecule has 0 spiro atoms. The second-order valence-corrected chi connectivity index (χ2v) is 4.87. The number of rotatable bonds is 11. The van der Waals surface area contributed by atoms with Crippen LogP contribution in [0.25, 0.3) is 0 Å². The average Bonchev–Trinajstić information content (AvgIpc) is 3.10. The van der Waals surface area contributed by atoms with Crippen LogP contribution in [0, 0.1) is 5.92 Å². The Labute approximate surface area is 106 Å². The summed E-state index contributed by atoms with van der Waals surface area (Å²) in [6.07, 6.45) is 5.08. The highest BCUT2D eigenvalue weighted by atomic mass is 16.7. The first-order chi connectivity index (χ1) is 8.30. The topological polar surface area (TPSA) is 21.7 Å². The molecular formula is C14H29NO2. The lowest BCUT2D eigenvalue weighted by atomic mass is 10.3. The van der Waals surface area contributed by atoms with Crippen molar-refractivity contribution in [2.75, 3.05) is 32.8 Å². The quantitative estimate of drug-likeness (QED) is 0.521. The van der Waals surface area contributed by atoms with Gasteiger partial charge in [-0.25, -0.2) is 0 Å². The molecule has 3 nitrogen and oxygen atoms in total. The SMILES string of the molecule is CCCN(CCC(OCC)OCC)CC1CC1. The molecule has 0 atom stereocenters. The monoisotopic (exact) mass is 243 g/mol. The van der Waals surface area contributed by atoms with Crippen molar-refractivity contribution >= 4 is 0 Å². The van der Waals surface area contributed by atoms with Gasteiger partial charge < -0.3 is 14.4 Å².